The lowest BCUT2D eigenvalue weighted by Crippen LogP contribution is -2.25. The third-order valence-corrected chi connectivity index (χ3v) is 2.73. The summed E-state index contributed by atoms with van der Waals surface area (Å²) in [6.07, 6.45) is 1.09. The minimum atomic E-state index is -0.442. The Hall–Kier alpha value is -2.12. The van der Waals surface area contributed by atoms with Gasteiger partial charge in [-0.25, -0.2) is 4.68 Å². The van der Waals surface area contributed by atoms with Crippen molar-refractivity contribution >= 4 is 17.4 Å². The molecule has 0 atom stereocenters. The van der Waals surface area contributed by atoms with Crippen molar-refractivity contribution in [3.8, 4) is 0 Å². The predicted octanol–water partition coefficient (Wildman–Crippen LogP) is 1.45. The molecule has 2 N–H and O–H groups in total. The summed E-state index contributed by atoms with van der Waals surface area (Å²) >= 11 is 0. The van der Waals surface area contributed by atoms with Crippen molar-refractivity contribution in [3.05, 3.63) is 15.8 Å². The van der Waals surface area contributed by atoms with Crippen molar-refractivity contribution in [2.75, 3.05) is 18.4 Å². The van der Waals surface area contributed by atoms with Gasteiger partial charge in [-0.15, -0.1) is 0 Å². The summed E-state index contributed by atoms with van der Waals surface area (Å²) in [4.78, 5) is 22.0. The molecule has 0 saturated heterocycles. The highest BCUT2D eigenvalue weighted by atomic mass is 16.6. The second kappa shape index (κ2) is 7.46. The maximum Gasteiger partial charge on any atom is 0.333 e. The molecule has 1 rings (SSSR count). The highest BCUT2D eigenvalue weighted by Crippen LogP contribution is 2.28. The van der Waals surface area contributed by atoms with Crippen LogP contribution in [0.4, 0.5) is 11.5 Å². The third kappa shape index (κ3) is 3.94. The molecule has 1 aromatic heterocycles. The maximum absolute atomic E-state index is 11.4. The second-order valence-electron chi connectivity index (χ2n) is 4.39. The number of nitrogens with zero attached hydrogens (tertiary/aromatic N) is 3. The van der Waals surface area contributed by atoms with Crippen LogP contribution in [0.5, 0.6) is 0 Å². The first kappa shape index (κ1) is 15.9. The van der Waals surface area contributed by atoms with E-state index in [0.717, 1.165) is 6.42 Å². The summed E-state index contributed by atoms with van der Waals surface area (Å²) in [6, 6.07) is 0. The quantitative estimate of drug-likeness (QED) is 0.555. The molecule has 0 spiro atoms. The minimum absolute atomic E-state index is 0.0191. The van der Waals surface area contributed by atoms with E-state index in [1.807, 2.05) is 13.8 Å². The van der Waals surface area contributed by atoms with E-state index in [4.69, 9.17) is 0 Å². The first-order valence-electron chi connectivity index (χ1n) is 6.73. The zero-order chi connectivity index (χ0) is 15.1. The molecule has 0 aliphatic rings. The van der Waals surface area contributed by atoms with E-state index in [2.05, 4.69) is 15.7 Å². The van der Waals surface area contributed by atoms with E-state index in [9.17, 15) is 14.9 Å². The van der Waals surface area contributed by atoms with Crippen LogP contribution in [0.3, 0.4) is 0 Å². The van der Waals surface area contributed by atoms with Gasteiger partial charge in [-0.3, -0.25) is 14.9 Å². The van der Waals surface area contributed by atoms with Crippen molar-refractivity contribution in [1.29, 1.82) is 0 Å². The van der Waals surface area contributed by atoms with Crippen molar-refractivity contribution in [3.63, 3.8) is 0 Å². The van der Waals surface area contributed by atoms with Gasteiger partial charge in [0, 0.05) is 26.1 Å². The van der Waals surface area contributed by atoms with Crippen LogP contribution in [0.1, 0.15) is 32.4 Å². The number of hydrogen-bond acceptors (Lipinski definition) is 5. The molecular weight excluding hydrogens is 262 g/mol. The molecule has 0 fully saturated rings. The van der Waals surface area contributed by atoms with Crippen LogP contribution >= 0.6 is 0 Å². The number of carbonyl (C=O) groups excluding carboxylic acids is 1. The van der Waals surface area contributed by atoms with Gasteiger partial charge >= 0.3 is 5.69 Å². The number of amides is 1. The van der Waals surface area contributed by atoms with Crippen molar-refractivity contribution < 1.29 is 9.72 Å². The van der Waals surface area contributed by atoms with Crippen LogP contribution in [0, 0.1) is 17.0 Å². The summed E-state index contributed by atoms with van der Waals surface area (Å²) in [7, 11) is 0. The van der Waals surface area contributed by atoms with Gasteiger partial charge in [0.2, 0.25) is 11.7 Å². The average molecular weight is 283 g/mol. The molecule has 8 nitrogen and oxygen atoms in total. The van der Waals surface area contributed by atoms with E-state index in [1.165, 1.54) is 0 Å². The Morgan fingerprint density at radius 3 is 2.70 bits per heavy atom. The number of hydrogen-bond donors (Lipinski definition) is 2. The van der Waals surface area contributed by atoms with E-state index >= 15 is 0 Å². The number of aromatic nitrogens is 2. The van der Waals surface area contributed by atoms with Crippen molar-refractivity contribution in [2.24, 2.45) is 0 Å². The van der Waals surface area contributed by atoms with Crippen LogP contribution in [0.2, 0.25) is 0 Å². The van der Waals surface area contributed by atoms with Crippen LogP contribution in [-0.4, -0.2) is 33.7 Å². The summed E-state index contributed by atoms with van der Waals surface area (Å²) in [5.41, 5.74) is 0.360. The minimum Gasteiger partial charge on any atom is -0.364 e. The van der Waals surface area contributed by atoms with Gasteiger partial charge in [-0.1, -0.05) is 6.92 Å². The fourth-order valence-electron chi connectivity index (χ4n) is 1.92. The standard InChI is InChI=1S/C12H21N5O3/c1-4-8-16-12(11(17(19)20)9(3)15-16)14-7-6-10(18)13-5-2/h14H,4-8H2,1-3H3,(H,13,18). The summed E-state index contributed by atoms with van der Waals surface area (Å²) in [6.45, 7) is 6.93. The zero-order valence-electron chi connectivity index (χ0n) is 12.1. The molecule has 112 valence electrons. The van der Waals surface area contributed by atoms with Gasteiger partial charge < -0.3 is 10.6 Å². The molecule has 8 heteroatoms. The Morgan fingerprint density at radius 1 is 1.45 bits per heavy atom. The fraction of sp³-hybridized carbons (Fsp3) is 0.667. The highest BCUT2D eigenvalue weighted by Gasteiger charge is 2.24. The Balaban J connectivity index is 2.80. The fourth-order valence-corrected chi connectivity index (χ4v) is 1.92. The Morgan fingerprint density at radius 2 is 2.15 bits per heavy atom. The summed E-state index contributed by atoms with van der Waals surface area (Å²) in [5, 5.41) is 20.9. The molecule has 1 heterocycles. The molecule has 0 unspecified atom stereocenters. The lowest BCUT2D eigenvalue weighted by atomic mass is 10.3. The lowest BCUT2D eigenvalue weighted by molar-refractivity contribution is -0.384. The summed E-state index contributed by atoms with van der Waals surface area (Å²) in [5.74, 6) is 0.291. The SMILES string of the molecule is CCCn1nc(C)c([N+](=O)[O-])c1NCCC(=O)NCC. The molecule has 1 amide bonds. The van der Waals surface area contributed by atoms with Crippen LogP contribution < -0.4 is 10.6 Å². The number of anilines is 1. The maximum atomic E-state index is 11.4. The Labute approximate surface area is 117 Å². The molecule has 1 aromatic rings. The molecule has 0 saturated carbocycles. The molecule has 0 aromatic carbocycles. The van der Waals surface area contributed by atoms with Gasteiger partial charge in [0.1, 0.15) is 5.69 Å². The summed E-state index contributed by atoms with van der Waals surface area (Å²) < 4.78 is 1.59. The highest BCUT2D eigenvalue weighted by molar-refractivity contribution is 5.76. The molecule has 0 aliphatic carbocycles. The van der Waals surface area contributed by atoms with Gasteiger partial charge in [-0.05, 0) is 20.3 Å². The Bertz CT molecular complexity index is 484. The van der Waals surface area contributed by atoms with E-state index < -0.39 is 4.92 Å². The van der Waals surface area contributed by atoms with Gasteiger partial charge in [0.05, 0.1) is 4.92 Å². The third-order valence-electron chi connectivity index (χ3n) is 2.73. The number of aryl methyl sites for hydroxylation is 2. The normalized spacial score (nSPS) is 10.3. The average Bonchev–Trinajstić information content (AvgIpc) is 2.66. The number of nitro groups is 1. The van der Waals surface area contributed by atoms with Crippen LogP contribution in [0.25, 0.3) is 0 Å². The van der Waals surface area contributed by atoms with Crippen LogP contribution in [-0.2, 0) is 11.3 Å². The topological polar surface area (TPSA) is 102 Å². The van der Waals surface area contributed by atoms with Gasteiger partial charge in [0.15, 0.2) is 0 Å². The number of nitrogens with one attached hydrogen (secondary N) is 2. The molecule has 0 bridgehead atoms. The Kier molecular flexibility index (Phi) is 5.95. The number of rotatable bonds is 8. The van der Waals surface area contributed by atoms with E-state index in [-0.39, 0.29) is 18.0 Å². The second-order valence-corrected chi connectivity index (χ2v) is 4.39. The number of carbonyl (C=O) groups is 1. The van der Waals surface area contributed by atoms with Crippen LogP contribution in [0.15, 0.2) is 0 Å². The zero-order valence-corrected chi connectivity index (χ0v) is 12.1. The molecule has 20 heavy (non-hydrogen) atoms. The van der Waals surface area contributed by atoms with E-state index in [0.29, 0.717) is 31.1 Å². The molecule has 0 radical (unpaired) electrons. The first-order valence-corrected chi connectivity index (χ1v) is 6.73. The monoisotopic (exact) mass is 283 g/mol. The molecular formula is C12H21N5O3. The predicted molar refractivity (Wildman–Crippen MR) is 75.7 cm³/mol. The largest absolute Gasteiger partial charge is 0.364 e. The first-order chi connectivity index (χ1) is 9.51. The van der Waals surface area contributed by atoms with E-state index in [1.54, 1.807) is 11.6 Å². The molecule has 0 aliphatic heterocycles. The van der Waals surface area contributed by atoms with Crippen molar-refractivity contribution in [2.45, 2.75) is 40.2 Å². The van der Waals surface area contributed by atoms with Gasteiger partial charge in [-0.2, -0.15) is 5.10 Å². The van der Waals surface area contributed by atoms with Gasteiger partial charge in [0.25, 0.3) is 0 Å². The smallest absolute Gasteiger partial charge is 0.333 e. The van der Waals surface area contributed by atoms with Crippen molar-refractivity contribution in [1.82, 2.24) is 15.1 Å². The lowest BCUT2D eigenvalue weighted by Gasteiger charge is -2.08.